The van der Waals surface area contributed by atoms with Gasteiger partial charge in [0.2, 0.25) is 0 Å². The summed E-state index contributed by atoms with van der Waals surface area (Å²) < 4.78 is 25.4. The highest BCUT2D eigenvalue weighted by Crippen LogP contribution is 2.41. The molecule has 1 saturated carbocycles. The molecule has 1 aliphatic carbocycles. The molecule has 1 rings (SSSR count). The monoisotopic (exact) mass is 150 g/mol. The second-order valence-electron chi connectivity index (χ2n) is 2.86. The van der Waals surface area contributed by atoms with E-state index in [0.29, 0.717) is 12.8 Å². The molecule has 60 valence electrons. The van der Waals surface area contributed by atoms with Crippen LogP contribution in [-0.4, -0.2) is 17.6 Å². The maximum absolute atomic E-state index is 12.7. The van der Waals surface area contributed by atoms with Gasteiger partial charge in [0.1, 0.15) is 0 Å². The van der Waals surface area contributed by atoms with Crippen molar-refractivity contribution in [2.75, 3.05) is 6.61 Å². The van der Waals surface area contributed by atoms with Gasteiger partial charge in [0.25, 0.3) is 5.92 Å². The van der Waals surface area contributed by atoms with E-state index in [1.807, 2.05) is 0 Å². The Balaban J connectivity index is 2.43. The van der Waals surface area contributed by atoms with E-state index in [9.17, 15) is 8.78 Å². The predicted octanol–water partition coefficient (Wildman–Crippen LogP) is 1.80. The standard InChI is InChI=1S/C7H12F2O/c8-7(9)4-1-2-6(7)3-5-10/h6,10H,1-5H2. The van der Waals surface area contributed by atoms with Gasteiger partial charge in [0, 0.05) is 18.9 Å². The van der Waals surface area contributed by atoms with Crippen molar-refractivity contribution in [3.05, 3.63) is 0 Å². The average Bonchev–Trinajstić information content (AvgIpc) is 2.13. The Hall–Kier alpha value is -0.180. The van der Waals surface area contributed by atoms with Crippen LogP contribution in [0.2, 0.25) is 0 Å². The summed E-state index contributed by atoms with van der Waals surface area (Å²) in [4.78, 5) is 0. The Morgan fingerprint density at radius 1 is 1.50 bits per heavy atom. The minimum absolute atomic E-state index is 0.0116. The quantitative estimate of drug-likeness (QED) is 0.636. The highest BCUT2D eigenvalue weighted by molar-refractivity contribution is 4.83. The SMILES string of the molecule is OCCC1CCCC1(F)F. The molecule has 0 radical (unpaired) electrons. The molecule has 1 fully saturated rings. The predicted molar refractivity (Wildman–Crippen MR) is 34.0 cm³/mol. The molecule has 0 bridgehead atoms. The Morgan fingerprint density at radius 3 is 2.60 bits per heavy atom. The minimum Gasteiger partial charge on any atom is -0.396 e. The normalized spacial score (nSPS) is 30.9. The topological polar surface area (TPSA) is 20.2 Å². The molecule has 3 heteroatoms. The van der Waals surface area contributed by atoms with E-state index in [0.717, 1.165) is 0 Å². The molecule has 0 aromatic rings. The molecule has 0 aromatic carbocycles. The molecule has 0 aliphatic heterocycles. The Bertz CT molecular complexity index is 114. The number of rotatable bonds is 2. The van der Waals surface area contributed by atoms with Crippen LogP contribution in [0.15, 0.2) is 0 Å². The van der Waals surface area contributed by atoms with Crippen LogP contribution in [0.25, 0.3) is 0 Å². The summed E-state index contributed by atoms with van der Waals surface area (Å²) in [6, 6.07) is 0. The van der Waals surface area contributed by atoms with Crippen LogP contribution >= 0.6 is 0 Å². The third-order valence-electron chi connectivity index (χ3n) is 2.14. The van der Waals surface area contributed by atoms with Gasteiger partial charge in [-0.3, -0.25) is 0 Å². The molecular weight excluding hydrogens is 138 g/mol. The van der Waals surface area contributed by atoms with Crippen LogP contribution in [0.1, 0.15) is 25.7 Å². The van der Waals surface area contributed by atoms with Gasteiger partial charge in [0.15, 0.2) is 0 Å². The van der Waals surface area contributed by atoms with Crippen LogP contribution in [0.3, 0.4) is 0 Å². The first-order valence-corrected chi connectivity index (χ1v) is 3.65. The zero-order valence-electron chi connectivity index (χ0n) is 5.82. The summed E-state index contributed by atoms with van der Waals surface area (Å²) in [6.45, 7) is -0.111. The highest BCUT2D eigenvalue weighted by atomic mass is 19.3. The van der Waals surface area contributed by atoms with Gasteiger partial charge in [-0.25, -0.2) is 8.78 Å². The van der Waals surface area contributed by atoms with Gasteiger partial charge >= 0.3 is 0 Å². The van der Waals surface area contributed by atoms with Gasteiger partial charge in [-0.2, -0.15) is 0 Å². The molecular formula is C7H12F2O. The Kier molecular flexibility index (Phi) is 2.24. The Labute approximate surface area is 59.0 Å². The van der Waals surface area contributed by atoms with Gasteiger partial charge < -0.3 is 5.11 Å². The van der Waals surface area contributed by atoms with E-state index in [1.165, 1.54) is 0 Å². The van der Waals surface area contributed by atoms with Gasteiger partial charge in [0.05, 0.1) is 0 Å². The zero-order valence-corrected chi connectivity index (χ0v) is 5.82. The maximum Gasteiger partial charge on any atom is 0.251 e. The molecule has 0 spiro atoms. The molecule has 1 nitrogen and oxygen atoms in total. The Morgan fingerprint density at radius 2 is 2.20 bits per heavy atom. The largest absolute Gasteiger partial charge is 0.396 e. The molecule has 0 aromatic heterocycles. The van der Waals surface area contributed by atoms with Crippen LogP contribution in [0.5, 0.6) is 0 Å². The van der Waals surface area contributed by atoms with Crippen molar-refractivity contribution >= 4 is 0 Å². The highest BCUT2D eigenvalue weighted by Gasteiger charge is 2.42. The van der Waals surface area contributed by atoms with Crippen molar-refractivity contribution < 1.29 is 13.9 Å². The molecule has 0 heterocycles. The number of aliphatic hydroxyl groups is 1. The third-order valence-corrected chi connectivity index (χ3v) is 2.14. The summed E-state index contributed by atoms with van der Waals surface area (Å²) >= 11 is 0. The molecule has 0 amide bonds. The number of halogens is 2. The average molecular weight is 150 g/mol. The molecule has 1 atom stereocenters. The lowest BCUT2D eigenvalue weighted by molar-refractivity contribution is -0.0437. The summed E-state index contributed by atoms with van der Waals surface area (Å²) in [5.41, 5.74) is 0. The number of alkyl halides is 2. The summed E-state index contributed by atoms with van der Waals surface area (Å²) in [7, 11) is 0. The fraction of sp³-hybridized carbons (Fsp3) is 1.00. The number of hydrogen-bond acceptors (Lipinski definition) is 1. The van der Waals surface area contributed by atoms with E-state index in [-0.39, 0.29) is 19.4 Å². The molecule has 0 saturated heterocycles. The van der Waals surface area contributed by atoms with Crippen LogP contribution in [-0.2, 0) is 0 Å². The number of hydrogen-bond donors (Lipinski definition) is 1. The third kappa shape index (κ3) is 1.45. The van der Waals surface area contributed by atoms with E-state index in [4.69, 9.17) is 5.11 Å². The molecule has 1 unspecified atom stereocenters. The van der Waals surface area contributed by atoms with E-state index in [2.05, 4.69) is 0 Å². The lowest BCUT2D eigenvalue weighted by Crippen LogP contribution is -2.22. The minimum atomic E-state index is -2.50. The molecule has 1 aliphatic rings. The van der Waals surface area contributed by atoms with Crippen molar-refractivity contribution in [1.29, 1.82) is 0 Å². The molecule has 1 N–H and O–H groups in total. The van der Waals surface area contributed by atoms with Gasteiger partial charge in [-0.05, 0) is 19.3 Å². The molecule has 10 heavy (non-hydrogen) atoms. The van der Waals surface area contributed by atoms with Crippen molar-refractivity contribution in [2.24, 2.45) is 5.92 Å². The van der Waals surface area contributed by atoms with Crippen LogP contribution in [0.4, 0.5) is 8.78 Å². The van der Waals surface area contributed by atoms with Crippen LogP contribution in [0, 0.1) is 5.92 Å². The van der Waals surface area contributed by atoms with E-state index >= 15 is 0 Å². The lowest BCUT2D eigenvalue weighted by atomic mass is 10.0. The fourth-order valence-corrected chi connectivity index (χ4v) is 1.51. The smallest absolute Gasteiger partial charge is 0.251 e. The van der Waals surface area contributed by atoms with E-state index in [1.54, 1.807) is 0 Å². The first-order valence-electron chi connectivity index (χ1n) is 3.65. The summed E-state index contributed by atoms with van der Waals surface area (Å²) in [5, 5.41) is 8.43. The first-order chi connectivity index (χ1) is 4.67. The number of aliphatic hydroxyl groups excluding tert-OH is 1. The first kappa shape index (κ1) is 7.92. The fourth-order valence-electron chi connectivity index (χ4n) is 1.51. The van der Waals surface area contributed by atoms with Crippen LogP contribution < -0.4 is 0 Å². The lowest BCUT2D eigenvalue weighted by Gasteiger charge is -2.16. The van der Waals surface area contributed by atoms with Gasteiger partial charge in [-0.1, -0.05) is 0 Å². The summed E-state index contributed by atoms with van der Waals surface area (Å²) in [5.74, 6) is -3.06. The van der Waals surface area contributed by atoms with E-state index < -0.39 is 11.8 Å². The van der Waals surface area contributed by atoms with Crippen molar-refractivity contribution in [2.45, 2.75) is 31.6 Å². The summed E-state index contributed by atoms with van der Waals surface area (Å²) in [6.07, 6.45) is 1.45. The zero-order chi connectivity index (χ0) is 7.61. The van der Waals surface area contributed by atoms with Crippen molar-refractivity contribution in [3.8, 4) is 0 Å². The second kappa shape index (κ2) is 2.82. The van der Waals surface area contributed by atoms with Crippen molar-refractivity contribution in [1.82, 2.24) is 0 Å². The second-order valence-corrected chi connectivity index (χ2v) is 2.86. The van der Waals surface area contributed by atoms with Gasteiger partial charge in [-0.15, -0.1) is 0 Å². The maximum atomic E-state index is 12.7. The van der Waals surface area contributed by atoms with Crippen molar-refractivity contribution in [3.63, 3.8) is 0 Å².